The maximum absolute atomic E-state index is 13.7. The molecule has 0 aromatic heterocycles. The molecule has 7 nitrogen and oxygen atoms in total. The number of rotatable bonds is 6. The number of halogens is 1. The number of anilines is 1. The van der Waals surface area contributed by atoms with Gasteiger partial charge in [-0.05, 0) is 42.2 Å². The van der Waals surface area contributed by atoms with Gasteiger partial charge in [0.05, 0.1) is 0 Å². The number of amides is 1. The zero-order valence-electron chi connectivity index (χ0n) is 14.6. The van der Waals surface area contributed by atoms with Gasteiger partial charge in [-0.1, -0.05) is 13.0 Å². The topological polar surface area (TPSA) is 97.3 Å². The number of nitrogens with one attached hydrogen (secondary N) is 1. The van der Waals surface area contributed by atoms with Crippen LogP contribution in [0.5, 0.6) is 17.2 Å². The van der Waals surface area contributed by atoms with E-state index in [1.807, 2.05) is 0 Å². The number of carbonyl (C=O) groups excluding carboxylic acids is 1. The number of hydrogen-bond donors (Lipinski definition) is 3. The summed E-state index contributed by atoms with van der Waals surface area (Å²) in [6.07, 6.45) is -1.19. The maximum atomic E-state index is 13.7. The number of carbonyl (C=O) groups is 1. The highest BCUT2D eigenvalue weighted by atomic mass is 19.1. The van der Waals surface area contributed by atoms with Crippen LogP contribution in [0.4, 0.5) is 14.9 Å². The monoisotopic (exact) mass is 377 g/mol. The van der Waals surface area contributed by atoms with Gasteiger partial charge in [-0.25, -0.2) is 9.18 Å². The lowest BCUT2D eigenvalue weighted by atomic mass is 9.94. The van der Waals surface area contributed by atoms with Crippen molar-refractivity contribution in [1.82, 2.24) is 0 Å². The Labute approximate surface area is 155 Å². The van der Waals surface area contributed by atoms with Gasteiger partial charge in [0.15, 0.2) is 23.1 Å². The second kappa shape index (κ2) is 8.13. The van der Waals surface area contributed by atoms with Crippen LogP contribution >= 0.6 is 0 Å². The van der Waals surface area contributed by atoms with Crippen LogP contribution in [-0.4, -0.2) is 29.7 Å². The van der Waals surface area contributed by atoms with Crippen molar-refractivity contribution in [2.24, 2.45) is 5.92 Å². The average molecular weight is 377 g/mol. The highest BCUT2D eigenvalue weighted by Gasteiger charge is 2.25. The number of aromatic hydroxyl groups is 1. The molecule has 2 aromatic rings. The van der Waals surface area contributed by atoms with Gasteiger partial charge < -0.3 is 24.4 Å². The first kappa shape index (κ1) is 18.8. The Morgan fingerprint density at radius 1 is 1.26 bits per heavy atom. The molecule has 0 saturated heterocycles. The summed E-state index contributed by atoms with van der Waals surface area (Å²) < 4.78 is 29.7. The predicted molar refractivity (Wildman–Crippen MR) is 94.3 cm³/mol. The highest BCUT2D eigenvalue weighted by molar-refractivity contribution is 5.85. The molecule has 0 fully saturated rings. The van der Waals surface area contributed by atoms with E-state index in [2.05, 4.69) is 5.32 Å². The zero-order valence-corrected chi connectivity index (χ0v) is 14.6. The molecule has 0 radical (unpaired) electrons. The summed E-state index contributed by atoms with van der Waals surface area (Å²) in [4.78, 5) is 12.3. The van der Waals surface area contributed by atoms with Crippen molar-refractivity contribution in [3.63, 3.8) is 0 Å². The maximum Gasteiger partial charge on any atom is 0.412 e. The van der Waals surface area contributed by atoms with Gasteiger partial charge in [0, 0.05) is 18.4 Å². The van der Waals surface area contributed by atoms with Crippen molar-refractivity contribution in [2.75, 3.05) is 18.7 Å². The number of ether oxygens (including phenoxy) is 3. The normalized spacial score (nSPS) is 14.5. The lowest BCUT2D eigenvalue weighted by Gasteiger charge is -2.24. The van der Waals surface area contributed by atoms with E-state index in [0.29, 0.717) is 29.2 Å². The Morgan fingerprint density at radius 2 is 2.04 bits per heavy atom. The summed E-state index contributed by atoms with van der Waals surface area (Å²) in [6.45, 7) is 1.79. The third kappa shape index (κ3) is 4.40. The van der Waals surface area contributed by atoms with Crippen molar-refractivity contribution in [3.8, 4) is 17.2 Å². The van der Waals surface area contributed by atoms with E-state index >= 15 is 0 Å². The first-order valence-electron chi connectivity index (χ1n) is 8.44. The molecule has 144 valence electrons. The van der Waals surface area contributed by atoms with Gasteiger partial charge in [0.25, 0.3) is 0 Å². The number of aliphatic hydroxyl groups excluding tert-OH is 1. The van der Waals surface area contributed by atoms with Crippen LogP contribution in [-0.2, 0) is 4.74 Å². The number of fused-ring (bicyclic) bond motifs is 1. The third-order valence-electron chi connectivity index (χ3n) is 4.25. The summed E-state index contributed by atoms with van der Waals surface area (Å²) in [7, 11) is 0. The molecule has 0 spiro atoms. The van der Waals surface area contributed by atoms with Gasteiger partial charge in [0.2, 0.25) is 6.79 Å². The zero-order chi connectivity index (χ0) is 19.4. The summed E-state index contributed by atoms with van der Waals surface area (Å²) in [5.74, 6) is -0.478. The number of phenols is 1. The van der Waals surface area contributed by atoms with Gasteiger partial charge in [-0.2, -0.15) is 0 Å². The first-order valence-corrected chi connectivity index (χ1v) is 8.44. The molecular formula is C19H20FNO6. The van der Waals surface area contributed by atoms with Gasteiger partial charge >= 0.3 is 6.09 Å². The highest BCUT2D eigenvalue weighted by Crippen LogP contribution is 2.35. The van der Waals surface area contributed by atoms with Crippen molar-refractivity contribution >= 4 is 11.8 Å². The van der Waals surface area contributed by atoms with E-state index in [0.717, 1.165) is 6.07 Å². The largest absolute Gasteiger partial charge is 0.505 e. The molecule has 0 unspecified atom stereocenters. The quantitative estimate of drug-likeness (QED) is 0.712. The lowest BCUT2D eigenvalue weighted by Crippen LogP contribution is -2.22. The van der Waals surface area contributed by atoms with Gasteiger partial charge in [0.1, 0.15) is 6.10 Å². The van der Waals surface area contributed by atoms with Crippen LogP contribution < -0.4 is 14.8 Å². The fraction of sp³-hybridized carbons (Fsp3) is 0.316. The van der Waals surface area contributed by atoms with E-state index in [1.165, 1.54) is 12.1 Å². The molecule has 3 N–H and O–H groups in total. The Hall–Kier alpha value is -3.00. The number of benzene rings is 2. The van der Waals surface area contributed by atoms with Gasteiger partial charge in [-0.3, -0.25) is 5.32 Å². The van der Waals surface area contributed by atoms with Crippen LogP contribution in [0.25, 0.3) is 0 Å². The Kier molecular flexibility index (Phi) is 5.66. The summed E-state index contributed by atoms with van der Waals surface area (Å²) in [6, 6.07) is 8.70. The van der Waals surface area contributed by atoms with E-state index in [1.54, 1.807) is 25.1 Å². The Bertz CT molecular complexity index is 828. The smallest absolute Gasteiger partial charge is 0.412 e. The number of phenolic OH excluding ortho intramolecular Hbond substituents is 1. The minimum atomic E-state index is -0.812. The standard InChI is InChI=1S/C19H20FNO6/c1-11(6-7-22)18(12-2-4-15(23)14(20)8-12)27-19(24)21-13-3-5-16-17(9-13)26-10-25-16/h2-5,8-9,11,18,22-23H,6-7,10H2,1H3,(H,21,24)/t11-,18+/m0/s1. The van der Waals surface area contributed by atoms with Gasteiger partial charge in [-0.15, -0.1) is 0 Å². The molecule has 0 aliphatic carbocycles. The van der Waals surface area contributed by atoms with Crippen LogP contribution in [0.15, 0.2) is 36.4 Å². The molecule has 27 heavy (non-hydrogen) atoms. The van der Waals surface area contributed by atoms with Crippen LogP contribution in [0.2, 0.25) is 0 Å². The molecule has 1 aliphatic rings. The third-order valence-corrected chi connectivity index (χ3v) is 4.25. The second-order valence-corrected chi connectivity index (χ2v) is 6.22. The van der Waals surface area contributed by atoms with E-state index in [4.69, 9.17) is 14.2 Å². The molecule has 1 amide bonds. The SMILES string of the molecule is C[C@@H](CCO)[C@@H](OC(=O)Nc1ccc2c(c1)OCO2)c1ccc(O)c(F)c1. The van der Waals surface area contributed by atoms with E-state index in [9.17, 15) is 19.4 Å². The van der Waals surface area contributed by atoms with Crippen LogP contribution in [0.1, 0.15) is 25.0 Å². The van der Waals surface area contributed by atoms with E-state index < -0.39 is 23.8 Å². The minimum absolute atomic E-state index is 0.106. The number of aliphatic hydroxyl groups is 1. The molecule has 0 bridgehead atoms. The fourth-order valence-electron chi connectivity index (χ4n) is 2.80. The van der Waals surface area contributed by atoms with Crippen molar-refractivity contribution < 1.29 is 33.6 Å². The molecular weight excluding hydrogens is 357 g/mol. The first-order chi connectivity index (χ1) is 13.0. The average Bonchev–Trinajstić information content (AvgIpc) is 3.10. The van der Waals surface area contributed by atoms with Crippen LogP contribution in [0.3, 0.4) is 0 Å². The number of hydrogen-bond acceptors (Lipinski definition) is 6. The lowest BCUT2D eigenvalue weighted by molar-refractivity contribution is 0.0665. The molecule has 3 rings (SSSR count). The molecule has 1 aliphatic heterocycles. The minimum Gasteiger partial charge on any atom is -0.505 e. The molecule has 8 heteroatoms. The summed E-state index contributed by atoms with van der Waals surface area (Å²) in [5.41, 5.74) is 0.835. The Morgan fingerprint density at radius 3 is 2.78 bits per heavy atom. The van der Waals surface area contributed by atoms with E-state index in [-0.39, 0.29) is 19.3 Å². The molecule has 0 saturated carbocycles. The predicted octanol–water partition coefficient (Wildman–Crippen LogP) is 3.57. The van der Waals surface area contributed by atoms with Crippen molar-refractivity contribution in [1.29, 1.82) is 0 Å². The molecule has 2 aromatic carbocycles. The second-order valence-electron chi connectivity index (χ2n) is 6.22. The summed E-state index contributed by atoms with van der Waals surface area (Å²) >= 11 is 0. The van der Waals surface area contributed by atoms with Crippen molar-refractivity contribution in [3.05, 3.63) is 47.8 Å². The van der Waals surface area contributed by atoms with Crippen LogP contribution in [0, 0.1) is 11.7 Å². The molecule has 1 heterocycles. The van der Waals surface area contributed by atoms with Crippen molar-refractivity contribution in [2.45, 2.75) is 19.4 Å². The molecule has 2 atom stereocenters. The fourth-order valence-corrected chi connectivity index (χ4v) is 2.80. The summed E-state index contributed by atoms with van der Waals surface area (Å²) in [5, 5.41) is 21.2. The Balaban J connectivity index is 1.74.